The lowest BCUT2D eigenvalue weighted by Crippen LogP contribution is -2.46. The van der Waals surface area contributed by atoms with Gasteiger partial charge >= 0.3 is 6.18 Å². The first kappa shape index (κ1) is 23.5. The van der Waals surface area contributed by atoms with E-state index >= 15 is 0 Å². The molecule has 0 aliphatic heterocycles. The van der Waals surface area contributed by atoms with E-state index in [0.29, 0.717) is 55.7 Å². The lowest BCUT2D eigenvalue weighted by atomic mass is 9.85. The van der Waals surface area contributed by atoms with Crippen LogP contribution in [0.15, 0.2) is 27.8 Å². The van der Waals surface area contributed by atoms with Gasteiger partial charge in [0, 0.05) is 25.6 Å². The molecule has 2 heterocycles. The second kappa shape index (κ2) is 10.8. The number of rotatable bonds is 6. The second-order valence-electron chi connectivity index (χ2n) is 6.84. The van der Waals surface area contributed by atoms with Crippen LogP contribution in [0.4, 0.5) is 13.2 Å². The van der Waals surface area contributed by atoms with Gasteiger partial charge in [0.05, 0.1) is 12.2 Å². The summed E-state index contributed by atoms with van der Waals surface area (Å²) in [6, 6.07) is 3.31. The number of alkyl halides is 3. The Balaban J connectivity index is 0.00000300. The number of hydrogen-bond donors (Lipinski definition) is 3. The van der Waals surface area contributed by atoms with E-state index in [9.17, 15) is 13.2 Å². The van der Waals surface area contributed by atoms with Crippen LogP contribution >= 0.6 is 24.0 Å². The topological polar surface area (TPSA) is 91.1 Å². The molecular formula is C18H26F3IN6O. The molecule has 2 aromatic rings. The summed E-state index contributed by atoms with van der Waals surface area (Å²) < 4.78 is 44.2. The number of aliphatic imine (C=N–C) groups is 1. The number of halogens is 4. The largest absolute Gasteiger partial charge is 0.461 e. The molecule has 2 atom stereocenters. The molecule has 1 fully saturated rings. The maximum atomic E-state index is 13.0. The molecular weight excluding hydrogens is 500 g/mol. The Morgan fingerprint density at radius 2 is 2.21 bits per heavy atom. The average molecular weight is 526 g/mol. The van der Waals surface area contributed by atoms with Gasteiger partial charge in [0.25, 0.3) is 0 Å². The fourth-order valence-corrected chi connectivity index (χ4v) is 3.33. The molecule has 0 aromatic carbocycles. The molecule has 2 aromatic heterocycles. The van der Waals surface area contributed by atoms with Crippen LogP contribution in [0.2, 0.25) is 0 Å². The lowest BCUT2D eigenvalue weighted by Gasteiger charge is -2.31. The molecule has 3 N–H and O–H groups in total. The monoisotopic (exact) mass is 526 g/mol. The summed E-state index contributed by atoms with van der Waals surface area (Å²) in [4.78, 5) is 8.82. The van der Waals surface area contributed by atoms with Crippen LogP contribution in [0.25, 0.3) is 11.6 Å². The van der Waals surface area contributed by atoms with Gasteiger partial charge < -0.3 is 15.1 Å². The van der Waals surface area contributed by atoms with Gasteiger partial charge in [0.15, 0.2) is 11.7 Å². The van der Waals surface area contributed by atoms with Gasteiger partial charge in [-0.05, 0) is 38.3 Å². The number of hydrogen-bond acceptors (Lipinski definition) is 4. The van der Waals surface area contributed by atoms with E-state index < -0.39 is 12.1 Å². The number of guanidine groups is 1. The Bertz CT molecular complexity index is 762. The zero-order valence-corrected chi connectivity index (χ0v) is 18.5. The summed E-state index contributed by atoms with van der Waals surface area (Å²) in [5.74, 6) is 1.02. The van der Waals surface area contributed by atoms with E-state index in [4.69, 9.17) is 4.42 Å². The van der Waals surface area contributed by atoms with Gasteiger partial charge in [0.2, 0.25) is 5.82 Å². The molecule has 1 aliphatic carbocycles. The third kappa shape index (κ3) is 6.89. The first-order chi connectivity index (χ1) is 13.5. The Morgan fingerprint density at radius 1 is 1.38 bits per heavy atom. The smallest absolute Gasteiger partial charge is 0.391 e. The molecule has 7 nitrogen and oxygen atoms in total. The Kier molecular flexibility index (Phi) is 8.78. The van der Waals surface area contributed by atoms with Crippen molar-refractivity contribution >= 4 is 29.9 Å². The van der Waals surface area contributed by atoms with E-state index in [2.05, 4.69) is 30.8 Å². The summed E-state index contributed by atoms with van der Waals surface area (Å²) in [6.45, 7) is 2.98. The average Bonchev–Trinajstić information content (AvgIpc) is 3.33. The van der Waals surface area contributed by atoms with Gasteiger partial charge in [-0.15, -0.1) is 24.0 Å². The van der Waals surface area contributed by atoms with Crippen molar-refractivity contribution in [3.63, 3.8) is 0 Å². The van der Waals surface area contributed by atoms with Crippen LogP contribution < -0.4 is 10.6 Å². The number of aromatic amines is 1. The minimum Gasteiger partial charge on any atom is -0.461 e. The Hall–Kier alpha value is -1.79. The highest BCUT2D eigenvalue weighted by Gasteiger charge is 2.42. The van der Waals surface area contributed by atoms with Gasteiger partial charge in [-0.2, -0.15) is 18.3 Å². The zero-order valence-electron chi connectivity index (χ0n) is 16.1. The van der Waals surface area contributed by atoms with E-state index in [-0.39, 0.29) is 42.9 Å². The number of H-pyrrole nitrogens is 1. The van der Waals surface area contributed by atoms with Crippen LogP contribution in [0.5, 0.6) is 0 Å². The van der Waals surface area contributed by atoms with Crippen LogP contribution in [0, 0.1) is 5.92 Å². The van der Waals surface area contributed by atoms with Gasteiger partial charge in [-0.3, -0.25) is 10.1 Å². The number of nitrogens with zero attached hydrogens (tertiary/aromatic N) is 3. The van der Waals surface area contributed by atoms with E-state index in [1.165, 1.54) is 0 Å². The van der Waals surface area contributed by atoms with Gasteiger partial charge in [0.1, 0.15) is 5.82 Å². The predicted octanol–water partition coefficient (Wildman–Crippen LogP) is 3.90. The molecule has 29 heavy (non-hydrogen) atoms. The molecule has 0 amide bonds. The molecule has 1 aliphatic rings. The third-order valence-electron chi connectivity index (χ3n) is 4.71. The maximum absolute atomic E-state index is 13.0. The number of furan rings is 1. The fraction of sp³-hybridized carbons (Fsp3) is 0.611. The highest BCUT2D eigenvalue weighted by Crippen LogP contribution is 2.37. The number of aromatic nitrogens is 3. The molecule has 0 radical (unpaired) electrons. The molecule has 2 unspecified atom stereocenters. The lowest BCUT2D eigenvalue weighted by molar-refractivity contribution is -0.183. The minimum absolute atomic E-state index is 0. The number of nitrogens with one attached hydrogen (secondary N) is 3. The predicted molar refractivity (Wildman–Crippen MR) is 114 cm³/mol. The van der Waals surface area contributed by atoms with Crippen LogP contribution in [-0.2, 0) is 6.42 Å². The van der Waals surface area contributed by atoms with Gasteiger partial charge in [-0.25, -0.2) is 4.98 Å². The van der Waals surface area contributed by atoms with Crippen LogP contribution in [-0.4, -0.2) is 46.4 Å². The molecule has 0 saturated heterocycles. The van der Waals surface area contributed by atoms with Crippen molar-refractivity contribution in [1.29, 1.82) is 0 Å². The molecule has 162 valence electrons. The maximum Gasteiger partial charge on any atom is 0.391 e. The zero-order chi connectivity index (χ0) is 20.0. The summed E-state index contributed by atoms with van der Waals surface area (Å²) in [5.41, 5.74) is 0. The summed E-state index contributed by atoms with van der Waals surface area (Å²) >= 11 is 0. The molecule has 1 saturated carbocycles. The van der Waals surface area contributed by atoms with Crippen molar-refractivity contribution in [1.82, 2.24) is 25.8 Å². The fourth-order valence-electron chi connectivity index (χ4n) is 3.33. The standard InChI is InChI=1S/C18H25F3N6O.HI/c1-2-22-17(24-13-6-3-5-12(11-13)18(19,20)21)23-9-8-15-25-16(27-26-15)14-7-4-10-28-14;/h4,7,10,12-13H,2-3,5-6,8-9,11H2,1H3,(H2,22,23,24)(H,25,26,27);1H. The molecule has 0 bridgehead atoms. The van der Waals surface area contributed by atoms with E-state index in [1.807, 2.05) is 6.92 Å². The van der Waals surface area contributed by atoms with Crippen molar-refractivity contribution in [2.24, 2.45) is 10.9 Å². The summed E-state index contributed by atoms with van der Waals surface area (Å²) in [6.07, 6.45) is -0.478. The highest BCUT2D eigenvalue weighted by atomic mass is 127. The van der Waals surface area contributed by atoms with E-state index in [0.717, 1.165) is 0 Å². The summed E-state index contributed by atoms with van der Waals surface area (Å²) in [7, 11) is 0. The first-order valence-electron chi connectivity index (χ1n) is 9.52. The molecule has 0 spiro atoms. The van der Waals surface area contributed by atoms with Crippen molar-refractivity contribution in [2.45, 2.75) is 51.2 Å². The van der Waals surface area contributed by atoms with Crippen molar-refractivity contribution in [3.8, 4) is 11.6 Å². The van der Waals surface area contributed by atoms with Crippen molar-refractivity contribution < 1.29 is 17.6 Å². The second-order valence-corrected chi connectivity index (χ2v) is 6.84. The molecule has 11 heteroatoms. The van der Waals surface area contributed by atoms with Crippen LogP contribution in [0.3, 0.4) is 0 Å². The van der Waals surface area contributed by atoms with Gasteiger partial charge in [-0.1, -0.05) is 6.42 Å². The Labute approximate surface area is 184 Å². The quantitative estimate of drug-likeness (QED) is 0.302. The van der Waals surface area contributed by atoms with E-state index in [1.54, 1.807) is 18.4 Å². The van der Waals surface area contributed by atoms with Crippen molar-refractivity contribution in [3.05, 3.63) is 24.2 Å². The normalized spacial score (nSPS) is 20.2. The summed E-state index contributed by atoms with van der Waals surface area (Å²) in [5, 5.41) is 13.2. The van der Waals surface area contributed by atoms with Crippen molar-refractivity contribution in [2.75, 3.05) is 13.1 Å². The molecule has 3 rings (SSSR count). The Morgan fingerprint density at radius 3 is 2.90 bits per heavy atom. The SMILES string of the molecule is CCNC(=NCCc1nc(-c2ccco2)n[nH]1)NC1CCCC(C(F)(F)F)C1.I. The highest BCUT2D eigenvalue weighted by molar-refractivity contribution is 14.0. The van der Waals surface area contributed by atoms with Crippen LogP contribution in [0.1, 0.15) is 38.4 Å². The third-order valence-corrected chi connectivity index (χ3v) is 4.71. The first-order valence-corrected chi connectivity index (χ1v) is 9.52. The minimum atomic E-state index is -4.13.